The highest BCUT2D eigenvalue weighted by atomic mass is 16.2. The quantitative estimate of drug-likeness (QED) is 0.432. The lowest BCUT2D eigenvalue weighted by molar-refractivity contribution is 0.191. The minimum absolute atomic E-state index is 0.0409. The normalized spacial score (nSPS) is 13.2. The first kappa shape index (κ1) is 19.0. The molecule has 3 heteroatoms. The molecule has 0 unspecified atom stereocenters. The van der Waals surface area contributed by atoms with Crippen molar-refractivity contribution in [3.63, 3.8) is 0 Å². The molecule has 0 radical (unpaired) electrons. The SMILES string of the molecule is C[C@H](NC(=O)N(C)[C@H](C)c1cccc2ccccc12)c1cccc2ccccc12. The number of urea groups is 1. The highest BCUT2D eigenvalue weighted by molar-refractivity contribution is 5.88. The van der Waals surface area contributed by atoms with Gasteiger partial charge >= 0.3 is 6.03 Å². The molecule has 2 amide bonds. The Morgan fingerprint density at radius 2 is 1.21 bits per heavy atom. The van der Waals surface area contributed by atoms with Crippen LogP contribution in [0.5, 0.6) is 0 Å². The summed E-state index contributed by atoms with van der Waals surface area (Å²) < 4.78 is 0. The number of hydrogen-bond donors (Lipinski definition) is 1. The number of amides is 2. The largest absolute Gasteiger partial charge is 0.331 e. The lowest BCUT2D eigenvalue weighted by Crippen LogP contribution is -2.40. The van der Waals surface area contributed by atoms with E-state index in [0.717, 1.165) is 11.1 Å². The van der Waals surface area contributed by atoms with Crippen molar-refractivity contribution in [3.05, 3.63) is 96.1 Å². The summed E-state index contributed by atoms with van der Waals surface area (Å²) in [4.78, 5) is 14.8. The Labute approximate surface area is 172 Å². The number of hydrogen-bond acceptors (Lipinski definition) is 1. The second kappa shape index (κ2) is 7.96. The van der Waals surface area contributed by atoms with Gasteiger partial charge in [0.2, 0.25) is 0 Å². The van der Waals surface area contributed by atoms with E-state index in [4.69, 9.17) is 0 Å². The van der Waals surface area contributed by atoms with Crippen LogP contribution < -0.4 is 5.32 Å². The Bertz CT molecular complexity index is 1160. The van der Waals surface area contributed by atoms with Crippen molar-refractivity contribution >= 4 is 27.6 Å². The number of fused-ring (bicyclic) bond motifs is 2. The van der Waals surface area contributed by atoms with Crippen LogP contribution in [0.4, 0.5) is 4.79 Å². The third-order valence-electron chi connectivity index (χ3n) is 5.80. The highest BCUT2D eigenvalue weighted by Crippen LogP contribution is 2.28. The van der Waals surface area contributed by atoms with Crippen LogP contribution in [0.25, 0.3) is 21.5 Å². The van der Waals surface area contributed by atoms with Gasteiger partial charge in [0.25, 0.3) is 0 Å². The molecule has 0 fully saturated rings. The number of benzene rings is 4. The molecule has 0 saturated carbocycles. The second-order valence-corrected chi connectivity index (χ2v) is 7.59. The lowest BCUT2D eigenvalue weighted by Gasteiger charge is -2.28. The third-order valence-corrected chi connectivity index (χ3v) is 5.80. The molecule has 2 atom stereocenters. The van der Waals surface area contributed by atoms with Crippen LogP contribution in [0.1, 0.15) is 37.1 Å². The average molecular weight is 383 g/mol. The van der Waals surface area contributed by atoms with Crippen LogP contribution in [0.15, 0.2) is 84.9 Å². The number of carbonyl (C=O) groups excluding carboxylic acids is 1. The predicted octanol–water partition coefficient (Wildman–Crippen LogP) is 6.46. The smallest absolute Gasteiger partial charge is 0.318 e. The van der Waals surface area contributed by atoms with Gasteiger partial charge in [-0.15, -0.1) is 0 Å². The summed E-state index contributed by atoms with van der Waals surface area (Å²) in [6, 6.07) is 28.9. The monoisotopic (exact) mass is 382 g/mol. The molecule has 4 aromatic rings. The van der Waals surface area contributed by atoms with Crippen LogP contribution in [0.3, 0.4) is 0 Å². The van der Waals surface area contributed by atoms with Crippen molar-refractivity contribution in [2.45, 2.75) is 25.9 Å². The maximum Gasteiger partial charge on any atom is 0.318 e. The van der Waals surface area contributed by atoms with Crippen molar-refractivity contribution in [1.29, 1.82) is 0 Å². The van der Waals surface area contributed by atoms with Crippen molar-refractivity contribution in [2.24, 2.45) is 0 Å². The van der Waals surface area contributed by atoms with Crippen LogP contribution in [0, 0.1) is 0 Å². The van der Waals surface area contributed by atoms with Gasteiger partial charge in [-0.3, -0.25) is 0 Å². The summed E-state index contributed by atoms with van der Waals surface area (Å²) in [5, 5.41) is 7.91. The minimum Gasteiger partial charge on any atom is -0.331 e. The van der Waals surface area contributed by atoms with E-state index in [0.29, 0.717) is 0 Å². The first-order valence-corrected chi connectivity index (χ1v) is 10.0. The maximum absolute atomic E-state index is 13.0. The molecule has 0 heterocycles. The van der Waals surface area contributed by atoms with Crippen molar-refractivity contribution < 1.29 is 4.79 Å². The van der Waals surface area contributed by atoms with Gasteiger partial charge in [0, 0.05) is 7.05 Å². The molecule has 146 valence electrons. The fourth-order valence-corrected chi connectivity index (χ4v) is 3.99. The van der Waals surface area contributed by atoms with Crippen molar-refractivity contribution in [1.82, 2.24) is 10.2 Å². The maximum atomic E-state index is 13.0. The van der Waals surface area contributed by atoms with Gasteiger partial charge in [-0.25, -0.2) is 4.79 Å². The van der Waals surface area contributed by atoms with Gasteiger partial charge in [-0.2, -0.15) is 0 Å². The molecular weight excluding hydrogens is 356 g/mol. The molecule has 0 aromatic heterocycles. The molecule has 0 bridgehead atoms. The third kappa shape index (κ3) is 3.68. The zero-order valence-corrected chi connectivity index (χ0v) is 17.1. The molecule has 4 rings (SSSR count). The van der Waals surface area contributed by atoms with E-state index >= 15 is 0 Å². The Kier molecular flexibility index (Phi) is 5.22. The number of rotatable bonds is 4. The molecule has 0 aliphatic carbocycles. The van der Waals surface area contributed by atoms with Crippen LogP contribution >= 0.6 is 0 Å². The summed E-state index contributed by atoms with van der Waals surface area (Å²) in [6.45, 7) is 4.11. The molecule has 0 aliphatic heterocycles. The average Bonchev–Trinajstić information content (AvgIpc) is 2.77. The predicted molar refractivity (Wildman–Crippen MR) is 121 cm³/mol. The summed E-state index contributed by atoms with van der Waals surface area (Å²) in [6.07, 6.45) is 0. The first-order valence-electron chi connectivity index (χ1n) is 10.0. The van der Waals surface area contributed by atoms with Gasteiger partial charge in [0.05, 0.1) is 12.1 Å². The van der Waals surface area contributed by atoms with Gasteiger partial charge in [0.1, 0.15) is 0 Å². The molecule has 0 spiro atoms. The van der Waals surface area contributed by atoms with Gasteiger partial charge in [0.15, 0.2) is 0 Å². The van der Waals surface area contributed by atoms with E-state index in [1.807, 2.05) is 44.3 Å². The Hall–Kier alpha value is -3.33. The molecular formula is C26H26N2O. The van der Waals surface area contributed by atoms with E-state index in [2.05, 4.69) is 66.8 Å². The molecule has 0 aliphatic rings. The summed E-state index contributed by atoms with van der Waals surface area (Å²) in [5.74, 6) is 0. The Morgan fingerprint density at radius 1 is 0.724 bits per heavy atom. The van der Waals surface area contributed by atoms with E-state index in [1.165, 1.54) is 21.5 Å². The molecule has 0 saturated heterocycles. The highest BCUT2D eigenvalue weighted by Gasteiger charge is 2.21. The summed E-state index contributed by atoms with van der Waals surface area (Å²) in [5.41, 5.74) is 2.28. The first-order chi connectivity index (χ1) is 14.1. The zero-order chi connectivity index (χ0) is 20.4. The second-order valence-electron chi connectivity index (χ2n) is 7.59. The topological polar surface area (TPSA) is 32.3 Å². The fraction of sp³-hybridized carbons (Fsp3) is 0.192. The minimum atomic E-state index is -0.0873. The van der Waals surface area contributed by atoms with Crippen molar-refractivity contribution in [3.8, 4) is 0 Å². The summed E-state index contributed by atoms with van der Waals surface area (Å²) in [7, 11) is 1.86. The standard InChI is InChI=1S/C26H26N2O/c1-18(22-16-8-12-20-10-4-6-14-24(20)22)27-26(29)28(3)19(2)23-17-9-13-21-11-5-7-15-25(21)23/h4-19H,1-3H3,(H,27,29)/t18-,19+/m0/s1. The van der Waals surface area contributed by atoms with Gasteiger partial charge in [-0.05, 0) is 46.5 Å². The zero-order valence-electron chi connectivity index (χ0n) is 17.1. The van der Waals surface area contributed by atoms with E-state index in [-0.39, 0.29) is 18.1 Å². The van der Waals surface area contributed by atoms with Crippen LogP contribution in [-0.4, -0.2) is 18.0 Å². The van der Waals surface area contributed by atoms with E-state index in [9.17, 15) is 4.79 Å². The molecule has 4 aromatic carbocycles. The fourth-order valence-electron chi connectivity index (χ4n) is 3.99. The number of carbonyl (C=O) groups is 1. The van der Waals surface area contributed by atoms with E-state index < -0.39 is 0 Å². The molecule has 3 nitrogen and oxygen atoms in total. The van der Waals surface area contributed by atoms with Crippen LogP contribution in [0.2, 0.25) is 0 Å². The number of nitrogens with zero attached hydrogens (tertiary/aromatic N) is 1. The van der Waals surface area contributed by atoms with E-state index in [1.54, 1.807) is 4.90 Å². The van der Waals surface area contributed by atoms with Gasteiger partial charge in [-0.1, -0.05) is 84.9 Å². The van der Waals surface area contributed by atoms with Crippen molar-refractivity contribution in [2.75, 3.05) is 7.05 Å². The van der Waals surface area contributed by atoms with Gasteiger partial charge < -0.3 is 10.2 Å². The molecule has 1 N–H and O–H groups in total. The molecule has 29 heavy (non-hydrogen) atoms. The summed E-state index contributed by atoms with van der Waals surface area (Å²) >= 11 is 0. The van der Waals surface area contributed by atoms with Crippen LogP contribution in [-0.2, 0) is 0 Å². The Morgan fingerprint density at radius 3 is 1.83 bits per heavy atom. The lowest BCUT2D eigenvalue weighted by atomic mass is 9.98. The Balaban J connectivity index is 1.56. The number of nitrogens with one attached hydrogen (secondary N) is 1.